The van der Waals surface area contributed by atoms with Crippen molar-refractivity contribution in [2.45, 2.75) is 60.4 Å². The largest absolute Gasteiger partial charge is 0.317 e. The smallest absolute Gasteiger partial charge is 0.00902 e. The summed E-state index contributed by atoms with van der Waals surface area (Å²) in [5, 5.41) is 3.45. The molecule has 0 aliphatic heterocycles. The molecule has 0 spiro atoms. The lowest BCUT2D eigenvalue weighted by atomic mass is 10.0. The van der Waals surface area contributed by atoms with E-state index in [1.807, 2.05) is 0 Å². The molecule has 0 aromatic carbocycles. The molecule has 2 nitrogen and oxygen atoms in total. The Balaban J connectivity index is 4.25. The second-order valence-corrected chi connectivity index (χ2v) is 5.73. The topological polar surface area (TPSA) is 15.3 Å². The molecule has 0 aromatic rings. The molecule has 0 amide bonds. The summed E-state index contributed by atoms with van der Waals surface area (Å²) in [5.41, 5.74) is 0. The molecule has 1 N–H and O–H groups in total. The molecule has 1 atom stereocenters. The average molecular weight is 242 g/mol. The van der Waals surface area contributed by atoms with Crippen molar-refractivity contribution in [3.63, 3.8) is 0 Å². The second-order valence-electron chi connectivity index (χ2n) is 5.73. The van der Waals surface area contributed by atoms with Crippen LogP contribution in [0.5, 0.6) is 0 Å². The van der Waals surface area contributed by atoms with Crippen LogP contribution in [0.25, 0.3) is 0 Å². The zero-order valence-corrected chi connectivity index (χ0v) is 12.9. The maximum Gasteiger partial charge on any atom is 0.00902 e. The predicted molar refractivity (Wildman–Crippen MR) is 78.5 cm³/mol. The summed E-state index contributed by atoms with van der Waals surface area (Å²) < 4.78 is 0. The van der Waals surface area contributed by atoms with Crippen molar-refractivity contribution in [2.75, 3.05) is 26.2 Å². The number of hydrogen-bond acceptors (Lipinski definition) is 2. The van der Waals surface area contributed by atoms with Crippen LogP contribution < -0.4 is 5.32 Å². The molecule has 2 heteroatoms. The van der Waals surface area contributed by atoms with Crippen LogP contribution in [0, 0.1) is 11.8 Å². The van der Waals surface area contributed by atoms with Crippen LogP contribution in [0.3, 0.4) is 0 Å². The van der Waals surface area contributed by atoms with Gasteiger partial charge in [-0.1, -0.05) is 41.5 Å². The Morgan fingerprint density at radius 3 is 1.94 bits per heavy atom. The normalized spacial score (nSPS) is 13.9. The van der Waals surface area contributed by atoms with Gasteiger partial charge in [-0.2, -0.15) is 0 Å². The third-order valence-electron chi connectivity index (χ3n) is 3.35. The summed E-state index contributed by atoms with van der Waals surface area (Å²) in [7, 11) is 0. The van der Waals surface area contributed by atoms with E-state index >= 15 is 0 Å². The SMILES string of the molecule is CCNCC(C)CN(CC(C)C)C(CC)CC. The minimum Gasteiger partial charge on any atom is -0.317 e. The molecule has 0 saturated heterocycles. The van der Waals surface area contributed by atoms with Crippen LogP contribution in [0.4, 0.5) is 0 Å². The monoisotopic (exact) mass is 242 g/mol. The molecule has 0 saturated carbocycles. The van der Waals surface area contributed by atoms with Crippen LogP contribution in [0.2, 0.25) is 0 Å². The maximum absolute atomic E-state index is 3.45. The van der Waals surface area contributed by atoms with E-state index < -0.39 is 0 Å². The van der Waals surface area contributed by atoms with Gasteiger partial charge in [0.25, 0.3) is 0 Å². The fraction of sp³-hybridized carbons (Fsp3) is 1.00. The second kappa shape index (κ2) is 9.90. The van der Waals surface area contributed by atoms with Crippen LogP contribution in [-0.4, -0.2) is 37.1 Å². The van der Waals surface area contributed by atoms with Crippen LogP contribution in [0.1, 0.15) is 54.4 Å². The first kappa shape index (κ1) is 16.9. The average Bonchev–Trinajstić information content (AvgIpc) is 2.27. The molecule has 0 fully saturated rings. The van der Waals surface area contributed by atoms with Crippen molar-refractivity contribution in [3.05, 3.63) is 0 Å². The zero-order valence-electron chi connectivity index (χ0n) is 12.9. The standard InChI is InChI=1S/C15H34N2/c1-7-15(8-2)17(11-13(4)5)12-14(6)10-16-9-3/h13-16H,7-12H2,1-6H3. The lowest BCUT2D eigenvalue weighted by Crippen LogP contribution is -2.41. The molecule has 17 heavy (non-hydrogen) atoms. The number of hydrogen-bond donors (Lipinski definition) is 1. The van der Waals surface area contributed by atoms with Gasteiger partial charge in [-0.25, -0.2) is 0 Å². The Morgan fingerprint density at radius 1 is 0.941 bits per heavy atom. The molecular formula is C15H34N2. The Bertz CT molecular complexity index is 164. The predicted octanol–water partition coefficient (Wildman–Crippen LogP) is 3.38. The zero-order chi connectivity index (χ0) is 13.3. The first-order valence-electron chi connectivity index (χ1n) is 7.49. The van der Waals surface area contributed by atoms with Crippen LogP contribution in [0.15, 0.2) is 0 Å². The fourth-order valence-corrected chi connectivity index (χ4v) is 2.50. The summed E-state index contributed by atoms with van der Waals surface area (Å²) in [6.07, 6.45) is 2.55. The van der Waals surface area contributed by atoms with E-state index in [-0.39, 0.29) is 0 Å². The van der Waals surface area contributed by atoms with E-state index in [0.29, 0.717) is 0 Å². The number of nitrogens with zero attached hydrogens (tertiary/aromatic N) is 1. The van der Waals surface area contributed by atoms with Crippen molar-refractivity contribution in [3.8, 4) is 0 Å². The number of nitrogens with one attached hydrogen (secondary N) is 1. The van der Waals surface area contributed by atoms with Gasteiger partial charge >= 0.3 is 0 Å². The fourth-order valence-electron chi connectivity index (χ4n) is 2.50. The highest BCUT2D eigenvalue weighted by molar-refractivity contribution is 4.73. The van der Waals surface area contributed by atoms with Crippen molar-refractivity contribution in [1.82, 2.24) is 10.2 Å². The van der Waals surface area contributed by atoms with Crippen LogP contribution >= 0.6 is 0 Å². The molecule has 1 unspecified atom stereocenters. The quantitative estimate of drug-likeness (QED) is 0.632. The summed E-state index contributed by atoms with van der Waals surface area (Å²) in [5.74, 6) is 1.51. The first-order valence-corrected chi connectivity index (χ1v) is 7.49. The lowest BCUT2D eigenvalue weighted by molar-refractivity contribution is 0.143. The molecular weight excluding hydrogens is 208 g/mol. The molecule has 0 aliphatic rings. The van der Waals surface area contributed by atoms with Gasteiger partial charge in [0.05, 0.1) is 0 Å². The summed E-state index contributed by atoms with van der Waals surface area (Å²) in [4.78, 5) is 2.70. The van der Waals surface area contributed by atoms with Gasteiger partial charge < -0.3 is 5.32 Å². The van der Waals surface area contributed by atoms with Crippen molar-refractivity contribution < 1.29 is 0 Å². The van der Waals surface area contributed by atoms with Gasteiger partial charge in [-0.3, -0.25) is 4.90 Å². The Kier molecular flexibility index (Phi) is 9.85. The lowest BCUT2D eigenvalue weighted by Gasteiger charge is -2.34. The number of rotatable bonds is 10. The van der Waals surface area contributed by atoms with E-state index in [4.69, 9.17) is 0 Å². The molecule has 0 bridgehead atoms. The van der Waals surface area contributed by atoms with E-state index in [1.54, 1.807) is 0 Å². The minimum absolute atomic E-state index is 0.745. The highest BCUT2D eigenvalue weighted by atomic mass is 15.2. The Hall–Kier alpha value is -0.0800. The third-order valence-corrected chi connectivity index (χ3v) is 3.35. The van der Waals surface area contributed by atoms with E-state index in [2.05, 4.69) is 51.8 Å². The van der Waals surface area contributed by atoms with Gasteiger partial charge in [-0.05, 0) is 37.8 Å². The summed E-state index contributed by atoms with van der Waals surface area (Å²) in [6, 6.07) is 0.765. The van der Waals surface area contributed by atoms with Gasteiger partial charge in [0, 0.05) is 19.1 Å². The van der Waals surface area contributed by atoms with Gasteiger partial charge in [0.1, 0.15) is 0 Å². The highest BCUT2D eigenvalue weighted by Gasteiger charge is 2.18. The maximum atomic E-state index is 3.45. The van der Waals surface area contributed by atoms with Crippen molar-refractivity contribution in [1.29, 1.82) is 0 Å². The molecule has 0 aromatic heterocycles. The molecule has 0 radical (unpaired) electrons. The molecule has 0 aliphatic carbocycles. The Labute approximate surface area is 109 Å². The van der Waals surface area contributed by atoms with Gasteiger partial charge in [0.2, 0.25) is 0 Å². The highest BCUT2D eigenvalue weighted by Crippen LogP contribution is 2.13. The van der Waals surface area contributed by atoms with Gasteiger partial charge in [0.15, 0.2) is 0 Å². The molecule has 104 valence electrons. The van der Waals surface area contributed by atoms with Crippen molar-refractivity contribution >= 4 is 0 Å². The summed E-state index contributed by atoms with van der Waals surface area (Å²) in [6.45, 7) is 18.5. The molecule has 0 heterocycles. The van der Waals surface area contributed by atoms with E-state index in [0.717, 1.165) is 31.0 Å². The minimum atomic E-state index is 0.745. The first-order chi connectivity index (χ1) is 8.04. The van der Waals surface area contributed by atoms with Crippen molar-refractivity contribution in [2.24, 2.45) is 11.8 Å². The van der Waals surface area contributed by atoms with Crippen LogP contribution in [-0.2, 0) is 0 Å². The Morgan fingerprint density at radius 2 is 1.53 bits per heavy atom. The third kappa shape index (κ3) is 7.77. The summed E-state index contributed by atoms with van der Waals surface area (Å²) >= 11 is 0. The van der Waals surface area contributed by atoms with E-state index in [9.17, 15) is 0 Å². The molecule has 0 rings (SSSR count). The van der Waals surface area contributed by atoms with Gasteiger partial charge in [-0.15, -0.1) is 0 Å². The van der Waals surface area contributed by atoms with E-state index in [1.165, 1.54) is 25.9 Å².